The van der Waals surface area contributed by atoms with Crippen molar-refractivity contribution in [2.45, 2.75) is 38.3 Å². The standard InChI is InChI=1S/C18H22N2O2/c1-4-10-12-9-14(21)20(3)16(10)15-11-7-5-6-8-13(11)19-17(15)18(12,2)22/h5-8,10,12,16,19,22H,4,9H2,1-3H3/t10-,12-,16+,18?/m0/s1. The Kier molecular flexibility index (Phi) is 2.74. The molecule has 4 atom stereocenters. The largest absolute Gasteiger partial charge is 0.384 e. The molecule has 2 N–H and O–H groups in total. The van der Waals surface area contributed by atoms with Gasteiger partial charge < -0.3 is 15.0 Å². The molecule has 4 rings (SSSR count). The molecule has 4 nitrogen and oxygen atoms in total. The van der Waals surface area contributed by atoms with Gasteiger partial charge in [-0.15, -0.1) is 0 Å². The molecule has 4 heteroatoms. The van der Waals surface area contributed by atoms with Crippen molar-refractivity contribution < 1.29 is 9.90 Å². The fraction of sp³-hybridized carbons (Fsp3) is 0.500. The normalized spacial score (nSPS) is 34.1. The number of aliphatic hydroxyl groups is 1. The number of piperidine rings is 1. The first-order chi connectivity index (χ1) is 10.5. The van der Waals surface area contributed by atoms with Gasteiger partial charge in [-0.05, 0) is 18.9 Å². The predicted octanol–water partition coefficient (Wildman–Crippen LogP) is 2.93. The van der Waals surface area contributed by atoms with Gasteiger partial charge in [-0.3, -0.25) is 4.79 Å². The molecule has 1 aromatic carbocycles. The molecule has 2 bridgehead atoms. The van der Waals surface area contributed by atoms with E-state index in [2.05, 4.69) is 18.0 Å². The molecule has 0 radical (unpaired) electrons. The van der Waals surface area contributed by atoms with Gasteiger partial charge in [0, 0.05) is 35.9 Å². The number of fused-ring (bicyclic) bond motifs is 6. The highest BCUT2D eigenvalue weighted by atomic mass is 16.3. The number of carbonyl (C=O) groups excluding carboxylic acids is 1. The Morgan fingerprint density at radius 3 is 2.86 bits per heavy atom. The van der Waals surface area contributed by atoms with Crippen molar-refractivity contribution in [3.8, 4) is 0 Å². The Morgan fingerprint density at radius 1 is 1.41 bits per heavy atom. The SMILES string of the molecule is CC[C@@H]1[C@@H]2c3c([nH]c4ccccc34)C(C)(O)[C@H]1CC(=O)N2C. The lowest BCUT2D eigenvalue weighted by Crippen LogP contribution is -2.54. The number of aromatic amines is 1. The third-order valence-electron chi connectivity index (χ3n) is 5.87. The van der Waals surface area contributed by atoms with E-state index in [1.54, 1.807) is 0 Å². The van der Waals surface area contributed by atoms with Crippen LogP contribution in [0, 0.1) is 11.8 Å². The number of H-pyrrole nitrogens is 1. The lowest BCUT2D eigenvalue weighted by atomic mass is 9.62. The van der Waals surface area contributed by atoms with Crippen LogP contribution < -0.4 is 0 Å². The molecular weight excluding hydrogens is 276 g/mol. The van der Waals surface area contributed by atoms with Gasteiger partial charge in [0.25, 0.3) is 0 Å². The van der Waals surface area contributed by atoms with E-state index in [0.717, 1.165) is 28.6 Å². The molecule has 0 saturated carbocycles. The van der Waals surface area contributed by atoms with Gasteiger partial charge in [0.2, 0.25) is 5.91 Å². The van der Waals surface area contributed by atoms with E-state index < -0.39 is 5.60 Å². The molecule has 1 fully saturated rings. The van der Waals surface area contributed by atoms with Gasteiger partial charge in [0.1, 0.15) is 5.60 Å². The third-order valence-corrected chi connectivity index (χ3v) is 5.87. The Hall–Kier alpha value is -1.81. The van der Waals surface area contributed by atoms with Crippen LogP contribution in [0.3, 0.4) is 0 Å². The summed E-state index contributed by atoms with van der Waals surface area (Å²) in [5.41, 5.74) is 2.06. The Labute approximate surface area is 130 Å². The zero-order valence-corrected chi connectivity index (χ0v) is 13.3. The van der Waals surface area contributed by atoms with E-state index in [-0.39, 0.29) is 17.9 Å². The van der Waals surface area contributed by atoms with Crippen molar-refractivity contribution in [3.05, 3.63) is 35.5 Å². The molecule has 22 heavy (non-hydrogen) atoms. The maximum atomic E-state index is 12.4. The van der Waals surface area contributed by atoms with Crippen LogP contribution in [0.25, 0.3) is 10.9 Å². The van der Waals surface area contributed by atoms with E-state index in [0.29, 0.717) is 12.3 Å². The molecule has 1 aliphatic carbocycles. The summed E-state index contributed by atoms with van der Waals surface area (Å²) in [5.74, 6) is 0.409. The van der Waals surface area contributed by atoms with Crippen molar-refractivity contribution >= 4 is 16.8 Å². The quantitative estimate of drug-likeness (QED) is 0.850. The summed E-state index contributed by atoms with van der Waals surface area (Å²) >= 11 is 0. The topological polar surface area (TPSA) is 56.3 Å². The molecule has 2 aliphatic rings. The Balaban J connectivity index is 2.07. The fourth-order valence-electron chi connectivity index (χ4n) is 4.73. The van der Waals surface area contributed by atoms with Crippen LogP contribution in [0.15, 0.2) is 24.3 Å². The summed E-state index contributed by atoms with van der Waals surface area (Å²) < 4.78 is 0. The number of nitrogens with zero attached hydrogens (tertiary/aromatic N) is 1. The first-order valence-electron chi connectivity index (χ1n) is 8.06. The monoisotopic (exact) mass is 298 g/mol. The van der Waals surface area contributed by atoms with Crippen molar-refractivity contribution in [1.82, 2.24) is 9.88 Å². The molecule has 0 spiro atoms. The summed E-state index contributed by atoms with van der Waals surface area (Å²) in [6.07, 6.45) is 1.38. The minimum atomic E-state index is -0.984. The van der Waals surface area contributed by atoms with E-state index in [1.807, 2.05) is 37.1 Å². The fourth-order valence-corrected chi connectivity index (χ4v) is 4.73. The Morgan fingerprint density at radius 2 is 2.14 bits per heavy atom. The van der Waals surface area contributed by atoms with E-state index in [4.69, 9.17) is 0 Å². The summed E-state index contributed by atoms with van der Waals surface area (Å²) in [6, 6.07) is 8.19. The van der Waals surface area contributed by atoms with E-state index >= 15 is 0 Å². The van der Waals surface area contributed by atoms with Gasteiger partial charge in [-0.25, -0.2) is 0 Å². The molecule has 1 aliphatic heterocycles. The van der Waals surface area contributed by atoms with Crippen molar-refractivity contribution in [2.24, 2.45) is 11.8 Å². The van der Waals surface area contributed by atoms with Crippen LogP contribution in [0.1, 0.15) is 44.0 Å². The Bertz CT molecular complexity index is 762. The van der Waals surface area contributed by atoms with Crippen molar-refractivity contribution in [1.29, 1.82) is 0 Å². The van der Waals surface area contributed by atoms with Crippen LogP contribution in [-0.2, 0) is 10.4 Å². The summed E-state index contributed by atoms with van der Waals surface area (Å²) in [7, 11) is 1.90. The highest BCUT2D eigenvalue weighted by molar-refractivity contribution is 5.88. The lowest BCUT2D eigenvalue weighted by Gasteiger charge is -2.52. The average molecular weight is 298 g/mol. The number of amides is 1. The maximum absolute atomic E-state index is 12.4. The van der Waals surface area contributed by atoms with Crippen LogP contribution in [-0.4, -0.2) is 27.9 Å². The van der Waals surface area contributed by atoms with E-state index in [9.17, 15) is 9.90 Å². The second-order valence-corrected chi connectivity index (χ2v) is 6.94. The van der Waals surface area contributed by atoms with Gasteiger partial charge in [0.15, 0.2) is 0 Å². The lowest BCUT2D eigenvalue weighted by molar-refractivity contribution is -0.155. The molecule has 1 amide bonds. The van der Waals surface area contributed by atoms with Crippen LogP contribution in [0.2, 0.25) is 0 Å². The molecule has 1 unspecified atom stereocenters. The highest BCUT2D eigenvalue weighted by Gasteiger charge is 2.55. The number of rotatable bonds is 1. The number of hydrogen-bond acceptors (Lipinski definition) is 2. The number of para-hydroxylation sites is 1. The number of aromatic nitrogens is 1. The highest BCUT2D eigenvalue weighted by Crippen LogP contribution is 2.56. The van der Waals surface area contributed by atoms with Crippen LogP contribution >= 0.6 is 0 Å². The second-order valence-electron chi connectivity index (χ2n) is 6.94. The number of carbonyl (C=O) groups is 1. The second kappa shape index (κ2) is 4.35. The van der Waals surface area contributed by atoms with Crippen LogP contribution in [0.5, 0.6) is 0 Å². The minimum Gasteiger partial charge on any atom is -0.384 e. The molecule has 2 aromatic rings. The van der Waals surface area contributed by atoms with Crippen molar-refractivity contribution in [3.63, 3.8) is 0 Å². The smallest absolute Gasteiger partial charge is 0.223 e. The number of hydrogen-bond donors (Lipinski definition) is 2. The average Bonchev–Trinajstić information content (AvgIpc) is 2.89. The van der Waals surface area contributed by atoms with Gasteiger partial charge >= 0.3 is 0 Å². The molecule has 1 saturated heterocycles. The minimum absolute atomic E-state index is 0.0215. The van der Waals surface area contributed by atoms with Gasteiger partial charge in [-0.2, -0.15) is 0 Å². The van der Waals surface area contributed by atoms with E-state index in [1.165, 1.54) is 0 Å². The molecule has 1 aromatic heterocycles. The summed E-state index contributed by atoms with van der Waals surface area (Å²) in [6.45, 7) is 4.02. The van der Waals surface area contributed by atoms with Gasteiger partial charge in [0.05, 0.1) is 11.7 Å². The first-order valence-corrected chi connectivity index (χ1v) is 8.06. The molecule has 116 valence electrons. The first kappa shape index (κ1) is 13.8. The van der Waals surface area contributed by atoms with Gasteiger partial charge in [-0.1, -0.05) is 31.5 Å². The third kappa shape index (κ3) is 1.53. The molecular formula is C18H22N2O2. The number of nitrogens with one attached hydrogen (secondary N) is 1. The summed E-state index contributed by atoms with van der Waals surface area (Å²) in [5, 5.41) is 12.4. The molecule has 2 heterocycles. The van der Waals surface area contributed by atoms with Crippen LogP contribution in [0.4, 0.5) is 0 Å². The van der Waals surface area contributed by atoms with Crippen molar-refractivity contribution in [2.75, 3.05) is 7.05 Å². The number of benzene rings is 1. The maximum Gasteiger partial charge on any atom is 0.223 e. The number of likely N-dealkylation sites (tertiary alicyclic amines) is 1. The zero-order valence-electron chi connectivity index (χ0n) is 13.3. The zero-order chi connectivity index (χ0) is 15.6. The predicted molar refractivity (Wildman–Crippen MR) is 85.3 cm³/mol. The summed E-state index contributed by atoms with van der Waals surface area (Å²) in [4.78, 5) is 17.7.